The van der Waals surface area contributed by atoms with Crippen molar-refractivity contribution in [2.45, 2.75) is 32.0 Å². The van der Waals surface area contributed by atoms with Crippen molar-refractivity contribution in [3.8, 4) is 0 Å². The van der Waals surface area contributed by atoms with E-state index in [0.29, 0.717) is 12.7 Å². The number of oxime groups is 1. The van der Waals surface area contributed by atoms with Gasteiger partial charge in [0.05, 0.1) is 12.7 Å². The summed E-state index contributed by atoms with van der Waals surface area (Å²) in [7, 11) is 0. The SMILES string of the molecule is NC(=NO)c1ccc(COC2CCC2)cc1. The van der Waals surface area contributed by atoms with Crippen LogP contribution in [0.1, 0.15) is 30.4 Å². The van der Waals surface area contributed by atoms with Gasteiger partial charge in [0.2, 0.25) is 0 Å². The molecule has 0 amide bonds. The van der Waals surface area contributed by atoms with Gasteiger partial charge in [0.1, 0.15) is 0 Å². The molecule has 0 heterocycles. The van der Waals surface area contributed by atoms with E-state index in [-0.39, 0.29) is 5.84 Å². The lowest BCUT2D eigenvalue weighted by molar-refractivity contribution is -0.00866. The second-order valence-electron chi connectivity index (χ2n) is 4.05. The minimum Gasteiger partial charge on any atom is -0.409 e. The number of hydrogen-bond acceptors (Lipinski definition) is 3. The molecule has 1 aromatic carbocycles. The van der Waals surface area contributed by atoms with Gasteiger partial charge in [0, 0.05) is 5.56 Å². The number of amidine groups is 1. The van der Waals surface area contributed by atoms with E-state index in [1.54, 1.807) is 0 Å². The molecule has 1 fully saturated rings. The third-order valence-corrected chi connectivity index (χ3v) is 2.90. The average molecular weight is 220 g/mol. The maximum atomic E-state index is 8.51. The van der Waals surface area contributed by atoms with Crippen LogP contribution in [0.4, 0.5) is 0 Å². The minimum absolute atomic E-state index is 0.131. The molecule has 1 aliphatic rings. The standard InChI is InChI=1S/C12H16N2O2/c13-12(14-15)10-6-4-9(5-7-10)8-16-11-2-1-3-11/h4-7,11,15H,1-3,8H2,(H2,13,14). The van der Waals surface area contributed by atoms with Crippen molar-refractivity contribution >= 4 is 5.84 Å². The molecule has 1 aliphatic carbocycles. The Morgan fingerprint density at radius 3 is 2.56 bits per heavy atom. The molecule has 3 N–H and O–H groups in total. The second kappa shape index (κ2) is 4.99. The highest BCUT2D eigenvalue weighted by Gasteiger charge is 2.17. The van der Waals surface area contributed by atoms with E-state index in [1.807, 2.05) is 24.3 Å². The molecule has 0 unspecified atom stereocenters. The van der Waals surface area contributed by atoms with E-state index in [1.165, 1.54) is 19.3 Å². The summed E-state index contributed by atoms with van der Waals surface area (Å²) in [5.41, 5.74) is 7.30. The van der Waals surface area contributed by atoms with Gasteiger partial charge in [-0.05, 0) is 24.8 Å². The van der Waals surface area contributed by atoms with Gasteiger partial charge in [-0.25, -0.2) is 0 Å². The molecule has 0 aromatic heterocycles. The molecule has 1 saturated carbocycles. The highest BCUT2D eigenvalue weighted by molar-refractivity contribution is 5.96. The van der Waals surface area contributed by atoms with Crippen LogP contribution in [0.25, 0.3) is 0 Å². The summed E-state index contributed by atoms with van der Waals surface area (Å²) in [6.45, 7) is 0.640. The molecule has 4 heteroatoms. The summed E-state index contributed by atoms with van der Waals surface area (Å²) in [5.74, 6) is 0.131. The lowest BCUT2D eigenvalue weighted by atomic mass is 9.96. The monoisotopic (exact) mass is 220 g/mol. The van der Waals surface area contributed by atoms with Gasteiger partial charge in [0.15, 0.2) is 5.84 Å². The van der Waals surface area contributed by atoms with Crippen LogP contribution in [0, 0.1) is 0 Å². The van der Waals surface area contributed by atoms with Gasteiger partial charge in [-0.15, -0.1) is 0 Å². The zero-order valence-electron chi connectivity index (χ0n) is 9.10. The molecule has 86 valence electrons. The predicted octanol–water partition coefficient (Wildman–Crippen LogP) is 1.85. The molecule has 1 aromatic rings. The predicted molar refractivity (Wildman–Crippen MR) is 61.4 cm³/mol. The number of rotatable bonds is 4. The first-order valence-electron chi connectivity index (χ1n) is 5.48. The Balaban J connectivity index is 1.90. The van der Waals surface area contributed by atoms with Crippen molar-refractivity contribution in [2.75, 3.05) is 0 Å². The van der Waals surface area contributed by atoms with Crippen molar-refractivity contribution in [3.63, 3.8) is 0 Å². The Bertz CT molecular complexity index is 369. The molecule has 2 rings (SSSR count). The molecule has 0 radical (unpaired) electrons. The Kier molecular flexibility index (Phi) is 3.41. The van der Waals surface area contributed by atoms with Gasteiger partial charge in [0.25, 0.3) is 0 Å². The number of hydrogen-bond donors (Lipinski definition) is 2. The highest BCUT2D eigenvalue weighted by Crippen LogP contribution is 2.23. The zero-order chi connectivity index (χ0) is 11.4. The largest absolute Gasteiger partial charge is 0.409 e. The van der Waals surface area contributed by atoms with E-state index in [0.717, 1.165) is 11.1 Å². The van der Waals surface area contributed by atoms with E-state index in [2.05, 4.69) is 5.16 Å². The fraction of sp³-hybridized carbons (Fsp3) is 0.417. The van der Waals surface area contributed by atoms with Crippen LogP contribution in [-0.4, -0.2) is 17.1 Å². The zero-order valence-corrected chi connectivity index (χ0v) is 9.10. The molecule has 0 bridgehead atoms. The summed E-state index contributed by atoms with van der Waals surface area (Å²) in [5, 5.41) is 11.5. The summed E-state index contributed by atoms with van der Waals surface area (Å²) in [6.07, 6.45) is 4.10. The highest BCUT2D eigenvalue weighted by atomic mass is 16.5. The van der Waals surface area contributed by atoms with Crippen LogP contribution >= 0.6 is 0 Å². The summed E-state index contributed by atoms with van der Waals surface area (Å²) in [6, 6.07) is 7.53. The number of nitrogens with zero attached hydrogens (tertiary/aromatic N) is 1. The van der Waals surface area contributed by atoms with Gasteiger partial charge >= 0.3 is 0 Å². The van der Waals surface area contributed by atoms with Crippen LogP contribution < -0.4 is 5.73 Å². The number of benzene rings is 1. The summed E-state index contributed by atoms with van der Waals surface area (Å²) >= 11 is 0. The third kappa shape index (κ3) is 2.52. The molecule has 0 atom stereocenters. The van der Waals surface area contributed by atoms with Crippen molar-refractivity contribution < 1.29 is 9.94 Å². The molecular weight excluding hydrogens is 204 g/mol. The summed E-state index contributed by atoms with van der Waals surface area (Å²) < 4.78 is 5.68. The molecule has 4 nitrogen and oxygen atoms in total. The fourth-order valence-corrected chi connectivity index (χ4v) is 1.58. The van der Waals surface area contributed by atoms with Gasteiger partial charge in [-0.2, -0.15) is 0 Å². The van der Waals surface area contributed by atoms with E-state index >= 15 is 0 Å². The van der Waals surface area contributed by atoms with E-state index in [9.17, 15) is 0 Å². The normalized spacial score (nSPS) is 17.1. The Morgan fingerprint density at radius 2 is 2.06 bits per heavy atom. The third-order valence-electron chi connectivity index (χ3n) is 2.90. The van der Waals surface area contributed by atoms with Crippen molar-refractivity contribution in [3.05, 3.63) is 35.4 Å². The Hall–Kier alpha value is -1.55. The Morgan fingerprint density at radius 1 is 1.38 bits per heavy atom. The maximum absolute atomic E-state index is 8.51. The van der Waals surface area contributed by atoms with Crippen molar-refractivity contribution in [2.24, 2.45) is 10.9 Å². The molecule has 16 heavy (non-hydrogen) atoms. The van der Waals surface area contributed by atoms with E-state index < -0.39 is 0 Å². The van der Waals surface area contributed by atoms with Crippen LogP contribution in [0.15, 0.2) is 29.4 Å². The first kappa shape index (κ1) is 11.0. The van der Waals surface area contributed by atoms with Gasteiger partial charge < -0.3 is 15.7 Å². The fourth-order valence-electron chi connectivity index (χ4n) is 1.58. The molecule has 0 saturated heterocycles. The second-order valence-corrected chi connectivity index (χ2v) is 4.05. The Labute approximate surface area is 94.7 Å². The van der Waals surface area contributed by atoms with Crippen LogP contribution in [0.3, 0.4) is 0 Å². The first-order valence-corrected chi connectivity index (χ1v) is 5.48. The van der Waals surface area contributed by atoms with Crippen LogP contribution in [0.5, 0.6) is 0 Å². The van der Waals surface area contributed by atoms with E-state index in [4.69, 9.17) is 15.7 Å². The number of ether oxygens (including phenoxy) is 1. The van der Waals surface area contributed by atoms with Gasteiger partial charge in [-0.1, -0.05) is 29.4 Å². The lowest BCUT2D eigenvalue weighted by Gasteiger charge is -2.25. The first-order chi connectivity index (χ1) is 7.79. The van der Waals surface area contributed by atoms with Crippen molar-refractivity contribution in [1.82, 2.24) is 0 Å². The van der Waals surface area contributed by atoms with Crippen LogP contribution in [-0.2, 0) is 11.3 Å². The smallest absolute Gasteiger partial charge is 0.170 e. The average Bonchev–Trinajstić information content (AvgIpc) is 2.27. The minimum atomic E-state index is 0.131. The molecule has 0 spiro atoms. The van der Waals surface area contributed by atoms with Gasteiger partial charge in [-0.3, -0.25) is 0 Å². The topological polar surface area (TPSA) is 67.8 Å². The summed E-state index contributed by atoms with van der Waals surface area (Å²) in [4.78, 5) is 0. The lowest BCUT2D eigenvalue weighted by Crippen LogP contribution is -2.21. The molecular formula is C12H16N2O2. The quantitative estimate of drug-likeness (QED) is 0.352. The van der Waals surface area contributed by atoms with Crippen LogP contribution in [0.2, 0.25) is 0 Å². The number of nitrogens with two attached hydrogens (primary N) is 1. The molecule has 0 aliphatic heterocycles. The maximum Gasteiger partial charge on any atom is 0.170 e. The van der Waals surface area contributed by atoms with Crippen molar-refractivity contribution in [1.29, 1.82) is 0 Å².